The summed E-state index contributed by atoms with van der Waals surface area (Å²) in [5.41, 5.74) is 1.63. The Bertz CT molecular complexity index is 1810. The minimum absolute atomic E-state index is 0.0346. The van der Waals surface area contributed by atoms with Crippen LogP contribution in [0, 0.1) is 5.82 Å². The molecule has 0 radical (unpaired) electrons. The van der Waals surface area contributed by atoms with Gasteiger partial charge in [-0.25, -0.2) is 17.6 Å². The van der Waals surface area contributed by atoms with Gasteiger partial charge in [0.15, 0.2) is 21.4 Å². The Morgan fingerprint density at radius 3 is 2.47 bits per heavy atom. The zero-order valence-corrected chi connectivity index (χ0v) is 25.5. The number of carbonyl (C=O) groups excluding carboxylic acids is 4. The van der Waals surface area contributed by atoms with Gasteiger partial charge in [-0.2, -0.15) is 0 Å². The van der Waals surface area contributed by atoms with Crippen molar-refractivity contribution in [2.45, 2.75) is 36.7 Å². The molecule has 2 aliphatic heterocycles. The Kier molecular flexibility index (Phi) is 8.77. The summed E-state index contributed by atoms with van der Waals surface area (Å²) in [5, 5.41) is 7.90. The summed E-state index contributed by atoms with van der Waals surface area (Å²) in [4.78, 5) is 52.4. The van der Waals surface area contributed by atoms with E-state index >= 15 is 0 Å². The Morgan fingerprint density at radius 2 is 1.76 bits per heavy atom. The second-order valence-electron chi connectivity index (χ2n) is 10.5. The lowest BCUT2D eigenvalue weighted by Gasteiger charge is -2.31. The van der Waals surface area contributed by atoms with Crippen molar-refractivity contribution < 1.29 is 41.5 Å². The van der Waals surface area contributed by atoms with Crippen molar-refractivity contribution in [2.24, 2.45) is 0 Å². The fraction of sp³-hybridized carbons (Fsp3) is 0.290. The number of rotatable bonds is 9. The summed E-state index contributed by atoms with van der Waals surface area (Å²) in [6.45, 7) is 1.80. The van der Waals surface area contributed by atoms with Crippen molar-refractivity contribution in [2.75, 3.05) is 37.2 Å². The first-order valence-corrected chi connectivity index (χ1v) is 15.7. The summed E-state index contributed by atoms with van der Waals surface area (Å²) in [6, 6.07) is 11.0. The van der Waals surface area contributed by atoms with E-state index in [1.165, 1.54) is 69.7 Å². The summed E-state index contributed by atoms with van der Waals surface area (Å²) < 4.78 is 50.5. The molecule has 14 heteroatoms. The topological polar surface area (TPSA) is 160 Å². The van der Waals surface area contributed by atoms with Crippen molar-refractivity contribution in [3.8, 4) is 5.75 Å². The molecule has 1 saturated heterocycles. The molecule has 3 aromatic carbocycles. The lowest BCUT2D eigenvalue weighted by molar-refractivity contribution is -0.133. The molecule has 0 unspecified atom stereocenters. The summed E-state index contributed by atoms with van der Waals surface area (Å²) in [7, 11) is -1.24. The van der Waals surface area contributed by atoms with Gasteiger partial charge in [-0.15, -0.1) is 0 Å². The molecule has 0 aromatic heterocycles. The number of carbonyl (C=O) groups is 4. The maximum Gasteiger partial charge on any atom is 0.411 e. The molecule has 0 spiro atoms. The number of amides is 4. The van der Waals surface area contributed by atoms with Crippen LogP contribution < -0.4 is 20.7 Å². The number of hydrogen-bond donors (Lipinski definition) is 3. The van der Waals surface area contributed by atoms with Gasteiger partial charge in [0.25, 0.3) is 11.8 Å². The summed E-state index contributed by atoms with van der Waals surface area (Å²) in [5.74, 6) is -2.48. The van der Waals surface area contributed by atoms with E-state index in [-0.39, 0.29) is 39.8 Å². The number of sulfone groups is 1. The second kappa shape index (κ2) is 12.6. The zero-order chi connectivity index (χ0) is 32.5. The number of likely N-dealkylation sites (tertiary alicyclic amines) is 1. The fourth-order valence-corrected chi connectivity index (χ4v) is 6.72. The van der Waals surface area contributed by atoms with Gasteiger partial charge in [0.1, 0.15) is 6.04 Å². The van der Waals surface area contributed by atoms with E-state index in [0.717, 1.165) is 0 Å². The smallest absolute Gasteiger partial charge is 0.411 e. The van der Waals surface area contributed by atoms with Gasteiger partial charge in [-0.05, 0) is 72.5 Å². The average molecular weight is 639 g/mol. The molecule has 5 rings (SSSR count). The van der Waals surface area contributed by atoms with E-state index in [1.54, 1.807) is 11.0 Å². The van der Waals surface area contributed by atoms with Crippen molar-refractivity contribution in [1.29, 1.82) is 0 Å². The molecule has 0 bridgehead atoms. The number of methoxy groups -OCH3 is 2. The Morgan fingerprint density at radius 1 is 1.02 bits per heavy atom. The molecule has 2 atom stereocenters. The first-order valence-electron chi connectivity index (χ1n) is 14.1. The molecular formula is C31H31FN4O8S. The minimum Gasteiger partial charge on any atom is -0.494 e. The molecule has 3 aromatic rings. The minimum atomic E-state index is -3.74. The van der Waals surface area contributed by atoms with Gasteiger partial charge in [-0.1, -0.05) is 13.0 Å². The van der Waals surface area contributed by atoms with Crippen molar-refractivity contribution in [3.63, 3.8) is 0 Å². The molecule has 236 valence electrons. The SMILES string of the molecule is CCS(=O)(=O)c1ccc(NC(=O)OC)cc1[C@H]1CCCN1C(=O)[C@H](Nc1ccc2c(c1)C(=O)NC2=O)c1ccc(F)c(OC)c1. The third-order valence-electron chi connectivity index (χ3n) is 7.85. The Labute approximate surface area is 258 Å². The first-order chi connectivity index (χ1) is 21.5. The first kappa shape index (κ1) is 31.4. The maximum absolute atomic E-state index is 14.5. The molecule has 0 aliphatic carbocycles. The normalized spacial score (nSPS) is 16.5. The molecular weight excluding hydrogens is 607 g/mol. The lowest BCUT2D eigenvalue weighted by Crippen LogP contribution is -2.38. The predicted octanol–water partition coefficient (Wildman–Crippen LogP) is 4.21. The number of benzene rings is 3. The number of imide groups is 1. The number of fused-ring (bicyclic) bond motifs is 1. The quantitative estimate of drug-likeness (QED) is 0.292. The van der Waals surface area contributed by atoms with Crippen LogP contribution in [0.2, 0.25) is 0 Å². The molecule has 3 N–H and O–H groups in total. The molecule has 12 nitrogen and oxygen atoms in total. The van der Waals surface area contributed by atoms with E-state index in [0.29, 0.717) is 29.7 Å². The van der Waals surface area contributed by atoms with E-state index in [4.69, 9.17) is 4.74 Å². The Hall–Kier alpha value is -4.98. The van der Waals surface area contributed by atoms with Gasteiger partial charge in [0.2, 0.25) is 5.91 Å². The van der Waals surface area contributed by atoms with Crippen LogP contribution in [0.15, 0.2) is 59.5 Å². The number of anilines is 2. The van der Waals surface area contributed by atoms with Gasteiger partial charge >= 0.3 is 6.09 Å². The number of halogens is 1. The van der Waals surface area contributed by atoms with Crippen LogP contribution in [0.25, 0.3) is 0 Å². The van der Waals surface area contributed by atoms with Crippen LogP contribution in [-0.4, -0.2) is 63.6 Å². The van der Waals surface area contributed by atoms with E-state index in [9.17, 15) is 32.0 Å². The third kappa shape index (κ3) is 6.18. The number of ether oxygens (including phenoxy) is 2. The van der Waals surface area contributed by atoms with E-state index in [2.05, 4.69) is 20.7 Å². The van der Waals surface area contributed by atoms with Gasteiger partial charge in [0.05, 0.1) is 42.0 Å². The van der Waals surface area contributed by atoms with Crippen molar-refractivity contribution in [3.05, 3.63) is 82.7 Å². The highest BCUT2D eigenvalue weighted by molar-refractivity contribution is 7.91. The third-order valence-corrected chi connectivity index (χ3v) is 9.66. The highest BCUT2D eigenvalue weighted by Crippen LogP contribution is 2.40. The second-order valence-corrected chi connectivity index (χ2v) is 12.7. The number of nitrogens with zero attached hydrogens (tertiary/aromatic N) is 1. The molecule has 2 heterocycles. The monoisotopic (exact) mass is 638 g/mol. The van der Waals surface area contributed by atoms with Gasteiger partial charge in [-0.3, -0.25) is 25.0 Å². The predicted molar refractivity (Wildman–Crippen MR) is 161 cm³/mol. The molecule has 1 fully saturated rings. The van der Waals surface area contributed by atoms with Crippen LogP contribution in [0.4, 0.5) is 20.6 Å². The van der Waals surface area contributed by atoms with Gasteiger partial charge in [0, 0.05) is 17.9 Å². The maximum atomic E-state index is 14.5. The molecule has 0 saturated carbocycles. The van der Waals surface area contributed by atoms with Crippen LogP contribution in [0.5, 0.6) is 5.75 Å². The fourth-order valence-electron chi connectivity index (χ4n) is 5.58. The van der Waals surface area contributed by atoms with Crippen molar-refractivity contribution >= 4 is 45.0 Å². The van der Waals surface area contributed by atoms with Crippen LogP contribution in [0.1, 0.15) is 63.7 Å². The largest absolute Gasteiger partial charge is 0.494 e. The number of nitrogens with one attached hydrogen (secondary N) is 3. The summed E-state index contributed by atoms with van der Waals surface area (Å²) >= 11 is 0. The van der Waals surface area contributed by atoms with E-state index in [1.807, 2.05) is 0 Å². The zero-order valence-electron chi connectivity index (χ0n) is 24.7. The standard InChI is InChI=1S/C31H31FN4O8S/c1-4-45(41,42)26-12-9-19(34-31(40)44-3)16-22(26)24-6-5-13-36(24)30(39)27(17-7-11-23(32)25(14-17)43-2)33-18-8-10-20-21(15-18)29(38)35-28(20)37/h7-12,14-16,24,27,33H,4-6,13H2,1-3H3,(H,34,40)(H,35,37,38)/t24-,27-/m1/s1. The van der Waals surface area contributed by atoms with Crippen LogP contribution in [0.3, 0.4) is 0 Å². The van der Waals surface area contributed by atoms with Crippen LogP contribution in [-0.2, 0) is 19.4 Å². The summed E-state index contributed by atoms with van der Waals surface area (Å²) in [6.07, 6.45) is 0.239. The average Bonchev–Trinajstić information content (AvgIpc) is 3.63. The van der Waals surface area contributed by atoms with Gasteiger partial charge < -0.3 is 19.7 Å². The molecule has 45 heavy (non-hydrogen) atoms. The van der Waals surface area contributed by atoms with Crippen molar-refractivity contribution in [1.82, 2.24) is 10.2 Å². The highest BCUT2D eigenvalue weighted by Gasteiger charge is 2.38. The Balaban J connectivity index is 1.57. The molecule has 2 aliphatic rings. The van der Waals surface area contributed by atoms with E-state index < -0.39 is 51.6 Å². The molecule has 4 amide bonds. The number of hydrogen-bond acceptors (Lipinski definition) is 9. The lowest BCUT2D eigenvalue weighted by atomic mass is 10.00. The highest BCUT2D eigenvalue weighted by atomic mass is 32.2. The van der Waals surface area contributed by atoms with Crippen LogP contribution >= 0.6 is 0 Å².